The number of benzene rings is 1. The summed E-state index contributed by atoms with van der Waals surface area (Å²) in [7, 11) is 0. The molecule has 0 spiro atoms. The van der Waals surface area contributed by atoms with Gasteiger partial charge in [-0.2, -0.15) is 0 Å². The van der Waals surface area contributed by atoms with Crippen molar-refractivity contribution < 1.29 is 13.9 Å². The third kappa shape index (κ3) is 3.35. The second-order valence-electron chi connectivity index (χ2n) is 5.11. The fourth-order valence-electron chi connectivity index (χ4n) is 2.31. The molecule has 0 aromatic heterocycles. The van der Waals surface area contributed by atoms with Crippen LogP contribution in [0.4, 0.5) is 10.1 Å². The lowest BCUT2D eigenvalue weighted by Crippen LogP contribution is -2.41. The molecule has 1 heterocycles. The van der Waals surface area contributed by atoms with Crippen LogP contribution in [0.25, 0.3) is 0 Å². The van der Waals surface area contributed by atoms with Crippen molar-refractivity contribution in [2.24, 2.45) is 5.92 Å². The van der Waals surface area contributed by atoms with Crippen LogP contribution in [0.3, 0.4) is 0 Å². The molecule has 1 aromatic rings. The van der Waals surface area contributed by atoms with Crippen molar-refractivity contribution in [3.8, 4) is 0 Å². The average molecular weight is 280 g/mol. The third-order valence-corrected chi connectivity index (χ3v) is 3.60. The highest BCUT2D eigenvalue weighted by Gasteiger charge is 2.33. The van der Waals surface area contributed by atoms with Crippen LogP contribution in [0.1, 0.15) is 18.9 Å². The van der Waals surface area contributed by atoms with Gasteiger partial charge in [-0.15, -0.1) is 0 Å². The summed E-state index contributed by atoms with van der Waals surface area (Å²) in [6, 6.07) is 4.72. The minimum atomic E-state index is -0.314. The van der Waals surface area contributed by atoms with Crippen molar-refractivity contribution in [3.63, 3.8) is 0 Å². The van der Waals surface area contributed by atoms with E-state index in [1.165, 1.54) is 6.07 Å². The van der Waals surface area contributed by atoms with Crippen LogP contribution in [0.5, 0.6) is 0 Å². The lowest BCUT2D eigenvalue weighted by atomic mass is 10.0. The first-order chi connectivity index (χ1) is 9.63. The van der Waals surface area contributed by atoms with Crippen molar-refractivity contribution in [2.75, 3.05) is 25.1 Å². The average Bonchev–Trinajstić information content (AvgIpc) is 2.90. The molecule has 1 saturated heterocycles. The molecule has 20 heavy (non-hydrogen) atoms. The highest BCUT2D eigenvalue weighted by Crippen LogP contribution is 2.21. The lowest BCUT2D eigenvalue weighted by molar-refractivity contribution is -0.120. The van der Waals surface area contributed by atoms with Gasteiger partial charge in [0.2, 0.25) is 5.91 Å². The molecule has 0 saturated carbocycles. The van der Waals surface area contributed by atoms with E-state index in [9.17, 15) is 9.18 Å². The summed E-state index contributed by atoms with van der Waals surface area (Å²) in [6.45, 7) is 5.54. The number of hydrogen-bond donors (Lipinski definition) is 2. The van der Waals surface area contributed by atoms with Gasteiger partial charge in [-0.1, -0.05) is 13.0 Å². The highest BCUT2D eigenvalue weighted by atomic mass is 19.1. The summed E-state index contributed by atoms with van der Waals surface area (Å²) < 4.78 is 18.8. The first kappa shape index (κ1) is 14.9. The Morgan fingerprint density at radius 1 is 1.45 bits per heavy atom. The summed E-state index contributed by atoms with van der Waals surface area (Å²) >= 11 is 0. The number of carbonyl (C=O) groups is 1. The van der Waals surface area contributed by atoms with Gasteiger partial charge in [0.25, 0.3) is 0 Å². The van der Waals surface area contributed by atoms with Crippen molar-refractivity contribution in [3.05, 3.63) is 29.6 Å². The predicted molar refractivity (Wildman–Crippen MR) is 76.2 cm³/mol. The Kier molecular flexibility index (Phi) is 5.09. The number of hydrogen-bond acceptors (Lipinski definition) is 3. The van der Waals surface area contributed by atoms with Gasteiger partial charge in [-0.3, -0.25) is 4.79 Å². The largest absolute Gasteiger partial charge is 0.379 e. The predicted octanol–water partition coefficient (Wildman–Crippen LogP) is 2.09. The van der Waals surface area contributed by atoms with E-state index in [1.807, 2.05) is 0 Å². The molecule has 1 amide bonds. The Balaban J connectivity index is 2.02. The van der Waals surface area contributed by atoms with Gasteiger partial charge in [-0.05, 0) is 32.0 Å². The molecule has 1 aliphatic rings. The summed E-state index contributed by atoms with van der Waals surface area (Å²) in [5, 5.41) is 6.11. The summed E-state index contributed by atoms with van der Waals surface area (Å²) in [5.74, 6) is -0.667. The molecular formula is C15H21FN2O2. The fraction of sp³-hybridized carbons (Fsp3) is 0.533. The van der Waals surface area contributed by atoms with Gasteiger partial charge in [0.05, 0.1) is 19.1 Å². The first-order valence-corrected chi connectivity index (χ1v) is 7.00. The number of nitrogens with one attached hydrogen (secondary N) is 2. The van der Waals surface area contributed by atoms with Crippen LogP contribution in [-0.4, -0.2) is 31.7 Å². The Bertz CT molecular complexity index is 479. The standard InChI is InChI=1S/C15H21FN2O2/c1-3-7-17-14-9-20-8-11(14)15(19)18-13-6-4-5-12(16)10(13)2/h4-6,11,14,17H,3,7-9H2,1-2H3,(H,18,19). The summed E-state index contributed by atoms with van der Waals surface area (Å²) in [5.41, 5.74) is 0.981. The van der Waals surface area contributed by atoms with Crippen LogP contribution < -0.4 is 10.6 Å². The zero-order valence-corrected chi connectivity index (χ0v) is 11.9. The Morgan fingerprint density at radius 3 is 3.00 bits per heavy atom. The normalized spacial score (nSPS) is 21.9. The third-order valence-electron chi connectivity index (χ3n) is 3.60. The molecule has 2 atom stereocenters. The van der Waals surface area contributed by atoms with E-state index in [2.05, 4.69) is 17.6 Å². The quantitative estimate of drug-likeness (QED) is 0.868. The summed E-state index contributed by atoms with van der Waals surface area (Å²) in [6.07, 6.45) is 1.01. The van der Waals surface area contributed by atoms with E-state index in [0.29, 0.717) is 24.5 Å². The molecule has 1 aromatic carbocycles. The molecular weight excluding hydrogens is 259 g/mol. The minimum absolute atomic E-state index is 0.0313. The van der Waals surface area contributed by atoms with Crippen LogP contribution >= 0.6 is 0 Å². The van der Waals surface area contributed by atoms with Gasteiger partial charge in [0.1, 0.15) is 5.82 Å². The second kappa shape index (κ2) is 6.81. The fourth-order valence-corrected chi connectivity index (χ4v) is 2.31. The number of carbonyl (C=O) groups excluding carboxylic acids is 1. The smallest absolute Gasteiger partial charge is 0.231 e. The van der Waals surface area contributed by atoms with Crippen LogP contribution in [0.2, 0.25) is 0 Å². The van der Waals surface area contributed by atoms with E-state index in [-0.39, 0.29) is 23.7 Å². The SMILES string of the molecule is CCCNC1COCC1C(=O)Nc1cccc(F)c1C. The first-order valence-electron chi connectivity index (χ1n) is 7.00. The van der Waals surface area contributed by atoms with E-state index in [0.717, 1.165) is 13.0 Å². The van der Waals surface area contributed by atoms with E-state index in [1.54, 1.807) is 19.1 Å². The van der Waals surface area contributed by atoms with Crippen LogP contribution in [-0.2, 0) is 9.53 Å². The Hall–Kier alpha value is -1.46. The van der Waals surface area contributed by atoms with E-state index in [4.69, 9.17) is 4.74 Å². The van der Waals surface area contributed by atoms with E-state index >= 15 is 0 Å². The molecule has 2 unspecified atom stereocenters. The minimum Gasteiger partial charge on any atom is -0.379 e. The van der Waals surface area contributed by atoms with Crippen LogP contribution in [0.15, 0.2) is 18.2 Å². The molecule has 0 radical (unpaired) electrons. The maximum atomic E-state index is 13.5. The van der Waals surface area contributed by atoms with Gasteiger partial charge >= 0.3 is 0 Å². The zero-order chi connectivity index (χ0) is 14.5. The monoisotopic (exact) mass is 280 g/mol. The molecule has 1 fully saturated rings. The number of ether oxygens (including phenoxy) is 1. The summed E-state index contributed by atoms with van der Waals surface area (Å²) in [4.78, 5) is 12.3. The molecule has 110 valence electrons. The number of halogens is 1. The number of anilines is 1. The molecule has 2 N–H and O–H groups in total. The maximum absolute atomic E-state index is 13.5. The van der Waals surface area contributed by atoms with Crippen molar-refractivity contribution in [2.45, 2.75) is 26.3 Å². The van der Waals surface area contributed by atoms with E-state index < -0.39 is 0 Å². The lowest BCUT2D eigenvalue weighted by Gasteiger charge is -2.19. The topological polar surface area (TPSA) is 50.4 Å². The van der Waals surface area contributed by atoms with Gasteiger partial charge in [0.15, 0.2) is 0 Å². The van der Waals surface area contributed by atoms with Crippen molar-refractivity contribution in [1.82, 2.24) is 5.32 Å². The Morgan fingerprint density at radius 2 is 2.25 bits per heavy atom. The Labute approximate surface area is 118 Å². The zero-order valence-electron chi connectivity index (χ0n) is 11.9. The highest BCUT2D eigenvalue weighted by molar-refractivity contribution is 5.94. The second-order valence-corrected chi connectivity index (χ2v) is 5.11. The molecule has 4 nitrogen and oxygen atoms in total. The van der Waals surface area contributed by atoms with Gasteiger partial charge in [-0.25, -0.2) is 4.39 Å². The van der Waals surface area contributed by atoms with Gasteiger partial charge < -0.3 is 15.4 Å². The molecule has 0 aliphatic carbocycles. The van der Waals surface area contributed by atoms with Crippen molar-refractivity contribution in [1.29, 1.82) is 0 Å². The van der Waals surface area contributed by atoms with Gasteiger partial charge in [0, 0.05) is 17.3 Å². The molecule has 0 bridgehead atoms. The maximum Gasteiger partial charge on any atom is 0.231 e. The van der Waals surface area contributed by atoms with Crippen LogP contribution in [0, 0.1) is 18.7 Å². The number of rotatable bonds is 5. The molecule has 1 aliphatic heterocycles. The van der Waals surface area contributed by atoms with Crippen molar-refractivity contribution >= 4 is 11.6 Å². The molecule has 2 rings (SSSR count). The number of amides is 1. The molecule has 5 heteroatoms.